The van der Waals surface area contributed by atoms with Gasteiger partial charge in [0.1, 0.15) is 12.6 Å². The molecule has 0 unspecified atom stereocenters. The van der Waals surface area contributed by atoms with Crippen LogP contribution in [0, 0.1) is 13.8 Å². The number of amides is 8. The van der Waals surface area contributed by atoms with Crippen LogP contribution < -0.4 is 59.7 Å². The molecular weight excluding hydrogens is 1080 g/mol. The van der Waals surface area contributed by atoms with E-state index in [9.17, 15) is 47.9 Å². The second-order valence-corrected chi connectivity index (χ2v) is 20.0. The van der Waals surface area contributed by atoms with Crippen molar-refractivity contribution in [3.05, 3.63) is 107 Å². The maximum Gasteiger partial charge on any atom is 0.408 e. The van der Waals surface area contributed by atoms with Crippen LogP contribution in [0.3, 0.4) is 0 Å². The Morgan fingerprint density at radius 3 is 1.42 bits per heavy atom. The second-order valence-electron chi connectivity index (χ2n) is 20.0. The first kappa shape index (κ1) is 70.4. The molecule has 0 aliphatic carbocycles. The van der Waals surface area contributed by atoms with Crippen LogP contribution in [-0.2, 0) is 60.9 Å². The number of nitrogens with two attached hydrogens (primary N) is 3. The van der Waals surface area contributed by atoms with Gasteiger partial charge < -0.3 is 69.2 Å². The highest BCUT2D eigenvalue weighted by atomic mass is 16.5. The molecule has 0 saturated heterocycles. The fraction of sp³-hybridized carbons (Fsp3) is 0.525. The molecule has 462 valence electrons. The molecular formula is C59H89N13O12. The number of Topliss-reactive ketones (excluding diaryl/α,β-unsaturated/α-hetero) is 1. The van der Waals surface area contributed by atoms with Crippen LogP contribution in [0.1, 0.15) is 90.4 Å². The zero-order valence-corrected chi connectivity index (χ0v) is 48.8. The third-order valence-corrected chi connectivity index (χ3v) is 13.2. The maximum atomic E-state index is 14.0. The number of nitrogens with one attached hydrogen (secondary N) is 8. The molecule has 2 atom stereocenters. The van der Waals surface area contributed by atoms with Crippen LogP contribution in [0.25, 0.3) is 0 Å². The van der Waals surface area contributed by atoms with Gasteiger partial charge in [-0.15, -0.1) is 0 Å². The molecule has 0 aliphatic rings. The maximum absolute atomic E-state index is 14.0. The van der Waals surface area contributed by atoms with Crippen LogP contribution in [0.2, 0.25) is 0 Å². The van der Waals surface area contributed by atoms with Crippen molar-refractivity contribution < 1.29 is 57.4 Å². The number of unbranched alkanes of at least 4 members (excludes halogenated alkanes) is 1. The average molecular weight is 1170 g/mol. The van der Waals surface area contributed by atoms with Gasteiger partial charge >= 0.3 is 12.1 Å². The molecule has 0 fully saturated rings. The highest BCUT2D eigenvalue weighted by Gasteiger charge is 2.29. The van der Waals surface area contributed by atoms with E-state index >= 15 is 0 Å². The van der Waals surface area contributed by atoms with Crippen molar-refractivity contribution in [2.75, 3.05) is 105 Å². The average Bonchev–Trinajstić information content (AvgIpc) is 3.65. The number of carbonyl (C=O) groups is 10. The van der Waals surface area contributed by atoms with E-state index in [-0.39, 0.29) is 127 Å². The Bertz CT molecular complexity index is 2480. The number of esters is 1. The Morgan fingerprint density at radius 2 is 0.905 bits per heavy atom. The van der Waals surface area contributed by atoms with E-state index in [0.717, 1.165) is 11.1 Å². The summed E-state index contributed by atoms with van der Waals surface area (Å²) in [5.74, 6) is -3.51. The van der Waals surface area contributed by atoms with Gasteiger partial charge in [0.05, 0.1) is 11.6 Å². The molecule has 3 rings (SSSR count). The molecule has 14 N–H and O–H groups in total. The predicted octanol–water partition coefficient (Wildman–Crippen LogP) is -0.260. The lowest BCUT2D eigenvalue weighted by atomic mass is 10.0. The van der Waals surface area contributed by atoms with E-state index in [1.165, 1.54) is 0 Å². The first-order chi connectivity index (χ1) is 40.5. The Morgan fingerprint density at radius 1 is 0.452 bits per heavy atom. The number of rotatable bonds is 43. The smallest absolute Gasteiger partial charge is 0.408 e. The fourth-order valence-electron chi connectivity index (χ4n) is 8.53. The molecule has 3 aromatic rings. The Hall–Kier alpha value is -7.84. The Balaban J connectivity index is 1.49. The van der Waals surface area contributed by atoms with E-state index in [4.69, 9.17) is 26.7 Å². The number of benzene rings is 3. The quantitative estimate of drug-likeness (QED) is 0.0257. The lowest BCUT2D eigenvalue weighted by molar-refractivity contribution is -0.130. The topological polar surface area (TPSA) is 370 Å². The van der Waals surface area contributed by atoms with Crippen LogP contribution in [0.4, 0.5) is 4.79 Å². The van der Waals surface area contributed by atoms with Crippen molar-refractivity contribution in [1.29, 1.82) is 0 Å². The van der Waals surface area contributed by atoms with Gasteiger partial charge in [-0.3, -0.25) is 48.2 Å². The lowest BCUT2D eigenvalue weighted by Gasteiger charge is -2.28. The fourth-order valence-corrected chi connectivity index (χ4v) is 8.53. The van der Waals surface area contributed by atoms with Crippen molar-refractivity contribution in [2.24, 2.45) is 17.2 Å². The SMILES string of the molecule is Cc1cccc(C)c1C(=O)OCC(=O)[C@@H](CCCCNC(=O)CCC(=O)NCCNC(=O)CCN(CCNC(=O)CCN)CCN(CCNC(=O)CCN)CCNC(=O)CCN)NC(=O)[C@@H](Cc1ccccc1)NC(=O)OCc1ccccc1. The zero-order chi connectivity index (χ0) is 61.3. The van der Waals surface area contributed by atoms with E-state index in [2.05, 4.69) is 47.4 Å². The number of carbonyl (C=O) groups excluding carboxylic acids is 10. The molecule has 0 spiro atoms. The summed E-state index contributed by atoms with van der Waals surface area (Å²) in [6.07, 6.45) is 0.521. The Kier molecular flexibility index (Phi) is 35.2. The number of ether oxygens (including phenoxy) is 2. The van der Waals surface area contributed by atoms with Gasteiger partial charge in [0, 0.05) is 143 Å². The Labute approximate surface area is 492 Å². The normalized spacial score (nSPS) is 11.6. The number of ketones is 1. The number of hydrogen-bond donors (Lipinski definition) is 11. The monoisotopic (exact) mass is 1170 g/mol. The third-order valence-electron chi connectivity index (χ3n) is 13.2. The summed E-state index contributed by atoms with van der Waals surface area (Å²) in [4.78, 5) is 133. The highest BCUT2D eigenvalue weighted by molar-refractivity contribution is 5.97. The van der Waals surface area contributed by atoms with Gasteiger partial charge in [0.2, 0.25) is 41.4 Å². The summed E-state index contributed by atoms with van der Waals surface area (Å²) >= 11 is 0. The first-order valence-corrected chi connectivity index (χ1v) is 28.7. The van der Waals surface area contributed by atoms with Crippen molar-refractivity contribution in [2.45, 2.75) is 96.7 Å². The summed E-state index contributed by atoms with van der Waals surface area (Å²) in [5.41, 5.74) is 19.7. The molecule has 8 amide bonds. The van der Waals surface area contributed by atoms with Crippen LogP contribution in [0.15, 0.2) is 78.9 Å². The summed E-state index contributed by atoms with van der Waals surface area (Å²) < 4.78 is 10.9. The minimum atomic E-state index is -1.15. The van der Waals surface area contributed by atoms with Crippen LogP contribution >= 0.6 is 0 Å². The van der Waals surface area contributed by atoms with Crippen LogP contribution in [-0.4, -0.2) is 186 Å². The van der Waals surface area contributed by atoms with Gasteiger partial charge in [-0.1, -0.05) is 78.9 Å². The van der Waals surface area contributed by atoms with Gasteiger partial charge in [-0.05, 0) is 55.4 Å². The van der Waals surface area contributed by atoms with Crippen molar-refractivity contribution >= 4 is 59.2 Å². The van der Waals surface area contributed by atoms with Gasteiger partial charge in [-0.2, -0.15) is 0 Å². The first-order valence-electron chi connectivity index (χ1n) is 28.7. The summed E-state index contributed by atoms with van der Waals surface area (Å²) in [6.45, 7) is 7.79. The predicted molar refractivity (Wildman–Crippen MR) is 316 cm³/mol. The van der Waals surface area contributed by atoms with Gasteiger partial charge in [-0.25, -0.2) is 9.59 Å². The molecule has 0 heterocycles. The van der Waals surface area contributed by atoms with Gasteiger partial charge in [0.25, 0.3) is 0 Å². The molecule has 84 heavy (non-hydrogen) atoms. The largest absolute Gasteiger partial charge is 0.454 e. The minimum Gasteiger partial charge on any atom is -0.454 e. The molecule has 25 heteroatoms. The zero-order valence-electron chi connectivity index (χ0n) is 48.8. The van der Waals surface area contributed by atoms with Crippen molar-refractivity contribution in [1.82, 2.24) is 52.3 Å². The third kappa shape index (κ3) is 31.0. The lowest BCUT2D eigenvalue weighted by Crippen LogP contribution is -2.53. The molecule has 0 aliphatic heterocycles. The standard InChI is InChI=1S/C59H89N13O12/c1-43-12-11-13-44(2)56(43)58(81)83-42-49(73)47(69-57(80)48(40-45-14-5-3-6-15-45)70-59(82)84-41-46-16-7-4-8-17-46)18-9-10-28-63-50(74)19-20-51(75)64-29-30-65-55(79)24-34-71(35-31-66-52(76)21-25-60)38-39-72(36-32-67-53(77)22-26-61)37-33-68-54(78)23-27-62/h3-8,11-17,47-48H,9-10,18-42,60-62H2,1-2H3,(H,63,74)(H,64,75)(H,65,79)(H,66,76)(H,67,77)(H,68,78)(H,69,80)(H,70,82)/t47-,48-/m1/s1. The highest BCUT2D eigenvalue weighted by Crippen LogP contribution is 2.15. The van der Waals surface area contributed by atoms with E-state index in [1.54, 1.807) is 80.6 Å². The number of hydrogen-bond acceptors (Lipinski definition) is 17. The number of aryl methyl sites for hydroxylation is 2. The second kappa shape index (κ2) is 42.0. The van der Waals surface area contributed by atoms with E-state index in [1.807, 2.05) is 17.0 Å². The molecule has 0 aromatic heterocycles. The molecule has 0 radical (unpaired) electrons. The molecule has 0 bridgehead atoms. The van der Waals surface area contributed by atoms with Crippen molar-refractivity contribution in [3.8, 4) is 0 Å². The van der Waals surface area contributed by atoms with E-state index in [0.29, 0.717) is 88.4 Å². The summed E-state index contributed by atoms with van der Waals surface area (Å²) in [6, 6.07) is 21.0. The molecule has 25 nitrogen and oxygen atoms in total. The molecule has 0 saturated carbocycles. The van der Waals surface area contributed by atoms with Gasteiger partial charge in [0.15, 0.2) is 12.4 Å². The number of nitrogens with zero attached hydrogens (tertiary/aromatic N) is 2. The molecule has 3 aromatic carbocycles. The number of alkyl carbamates (subject to hydrolysis) is 1. The van der Waals surface area contributed by atoms with E-state index < -0.39 is 48.4 Å². The minimum absolute atomic E-state index is 0.0382. The summed E-state index contributed by atoms with van der Waals surface area (Å²) in [7, 11) is 0. The van der Waals surface area contributed by atoms with Crippen molar-refractivity contribution in [3.63, 3.8) is 0 Å². The summed E-state index contributed by atoms with van der Waals surface area (Å²) in [5, 5.41) is 22.2. The van der Waals surface area contributed by atoms with Crippen LogP contribution in [0.5, 0.6) is 0 Å².